The molecule has 1 rings (SSSR count). The molecule has 3 N–H and O–H groups in total. The number of hydrogen-bond donors (Lipinski definition) is 2. The summed E-state index contributed by atoms with van der Waals surface area (Å²) in [6.07, 6.45) is 12.9. The molecule has 0 heterocycles. The van der Waals surface area contributed by atoms with E-state index in [2.05, 4.69) is 11.3 Å². The van der Waals surface area contributed by atoms with Crippen LogP contribution >= 0.6 is 0 Å². The second-order valence-corrected chi connectivity index (χ2v) is 4.52. The Morgan fingerprint density at radius 1 is 1.44 bits per heavy atom. The Labute approximate surface area is 99.1 Å². The van der Waals surface area contributed by atoms with Crippen LogP contribution in [0, 0.1) is 12.3 Å². The summed E-state index contributed by atoms with van der Waals surface area (Å²) in [5.74, 6) is 8.34. The third kappa shape index (κ3) is 3.21. The first-order valence-corrected chi connectivity index (χ1v) is 6.32. The maximum Gasteiger partial charge on any atom is 0.0848 e. The first-order valence-electron chi connectivity index (χ1n) is 6.32. The van der Waals surface area contributed by atoms with Crippen LogP contribution in [0.1, 0.15) is 51.9 Å². The van der Waals surface area contributed by atoms with E-state index >= 15 is 0 Å². The lowest BCUT2D eigenvalue weighted by molar-refractivity contribution is -0.0912. The zero-order valence-corrected chi connectivity index (χ0v) is 10.3. The predicted octanol–water partition coefficient (Wildman–Crippen LogP) is 1.97. The zero-order valence-electron chi connectivity index (χ0n) is 10.3. The standard InChI is InChI=1S/C13H24N2O/c1-3-5-9-12(15-14)13(16-4-2)10-7-6-8-11-13/h1,12,15H,4-11,14H2,2H3. The van der Waals surface area contributed by atoms with E-state index in [1.807, 2.05) is 6.92 Å². The SMILES string of the molecule is C#CCCC(NN)C1(OCC)CCCCC1. The highest BCUT2D eigenvalue weighted by molar-refractivity contribution is 4.97. The molecule has 3 heteroatoms. The first kappa shape index (κ1) is 13.5. The van der Waals surface area contributed by atoms with Crippen LogP contribution in [0.25, 0.3) is 0 Å². The number of hydrogen-bond acceptors (Lipinski definition) is 3. The van der Waals surface area contributed by atoms with Crippen LogP contribution in [0.5, 0.6) is 0 Å². The highest BCUT2D eigenvalue weighted by Crippen LogP contribution is 2.35. The van der Waals surface area contributed by atoms with Gasteiger partial charge in [-0.05, 0) is 26.2 Å². The fourth-order valence-electron chi connectivity index (χ4n) is 2.76. The molecule has 1 aliphatic rings. The Bertz CT molecular complexity index is 223. The third-order valence-electron chi connectivity index (χ3n) is 3.55. The molecule has 0 amide bonds. The second kappa shape index (κ2) is 6.90. The smallest absolute Gasteiger partial charge is 0.0848 e. The van der Waals surface area contributed by atoms with Crippen LogP contribution in [0.4, 0.5) is 0 Å². The summed E-state index contributed by atoms with van der Waals surface area (Å²) in [6, 6.07) is 0.184. The third-order valence-corrected chi connectivity index (χ3v) is 3.55. The maximum atomic E-state index is 6.01. The normalized spacial score (nSPS) is 21.3. The van der Waals surface area contributed by atoms with Crippen LogP contribution in [-0.2, 0) is 4.74 Å². The number of nitrogens with two attached hydrogens (primary N) is 1. The van der Waals surface area contributed by atoms with E-state index in [-0.39, 0.29) is 11.6 Å². The molecule has 3 nitrogen and oxygen atoms in total. The van der Waals surface area contributed by atoms with Gasteiger partial charge in [0.15, 0.2) is 0 Å². The van der Waals surface area contributed by atoms with Crippen molar-refractivity contribution >= 4 is 0 Å². The van der Waals surface area contributed by atoms with Gasteiger partial charge in [-0.3, -0.25) is 11.3 Å². The molecule has 0 aromatic rings. The Kier molecular flexibility index (Phi) is 5.83. The van der Waals surface area contributed by atoms with Crippen molar-refractivity contribution in [1.29, 1.82) is 0 Å². The van der Waals surface area contributed by atoms with E-state index in [1.165, 1.54) is 19.3 Å². The van der Waals surface area contributed by atoms with Crippen molar-refractivity contribution < 1.29 is 4.74 Å². The Hall–Kier alpha value is -0.560. The predicted molar refractivity (Wildman–Crippen MR) is 66.6 cm³/mol. The molecule has 1 fully saturated rings. The molecule has 0 saturated heterocycles. The van der Waals surface area contributed by atoms with Gasteiger partial charge in [-0.25, -0.2) is 0 Å². The summed E-state index contributed by atoms with van der Waals surface area (Å²) in [6.45, 7) is 2.79. The minimum Gasteiger partial charge on any atom is -0.374 e. The van der Waals surface area contributed by atoms with Crippen molar-refractivity contribution in [2.75, 3.05) is 6.61 Å². The van der Waals surface area contributed by atoms with Crippen molar-refractivity contribution in [2.45, 2.75) is 63.5 Å². The van der Waals surface area contributed by atoms with Crippen LogP contribution in [0.3, 0.4) is 0 Å². The molecule has 0 aromatic carbocycles. The summed E-state index contributed by atoms with van der Waals surface area (Å²) in [7, 11) is 0. The Balaban J connectivity index is 2.67. The number of nitrogens with one attached hydrogen (secondary N) is 1. The molecule has 92 valence electrons. The fraction of sp³-hybridized carbons (Fsp3) is 0.846. The van der Waals surface area contributed by atoms with E-state index in [0.29, 0.717) is 0 Å². The van der Waals surface area contributed by atoms with Crippen molar-refractivity contribution in [3.63, 3.8) is 0 Å². The largest absolute Gasteiger partial charge is 0.374 e. The van der Waals surface area contributed by atoms with Gasteiger partial charge in [-0.1, -0.05) is 19.3 Å². The number of ether oxygens (including phenoxy) is 1. The molecule has 0 aromatic heterocycles. The molecule has 1 aliphatic carbocycles. The minimum atomic E-state index is -0.0847. The lowest BCUT2D eigenvalue weighted by Gasteiger charge is -2.43. The lowest BCUT2D eigenvalue weighted by Crippen LogP contribution is -2.55. The van der Waals surface area contributed by atoms with Gasteiger partial charge in [-0.15, -0.1) is 12.3 Å². The molecule has 1 atom stereocenters. The van der Waals surface area contributed by atoms with E-state index in [0.717, 1.165) is 32.3 Å². The van der Waals surface area contributed by atoms with E-state index in [1.54, 1.807) is 0 Å². The first-order chi connectivity index (χ1) is 7.79. The van der Waals surface area contributed by atoms with Gasteiger partial charge in [0.1, 0.15) is 0 Å². The van der Waals surface area contributed by atoms with Gasteiger partial charge in [0.2, 0.25) is 0 Å². The quantitative estimate of drug-likeness (QED) is 0.412. The number of hydrazine groups is 1. The summed E-state index contributed by atoms with van der Waals surface area (Å²) in [5.41, 5.74) is 2.83. The summed E-state index contributed by atoms with van der Waals surface area (Å²) in [4.78, 5) is 0. The number of terminal acetylenes is 1. The van der Waals surface area contributed by atoms with Crippen molar-refractivity contribution in [1.82, 2.24) is 5.43 Å². The lowest BCUT2D eigenvalue weighted by atomic mass is 9.78. The van der Waals surface area contributed by atoms with Gasteiger partial charge >= 0.3 is 0 Å². The van der Waals surface area contributed by atoms with E-state index < -0.39 is 0 Å². The zero-order chi connectivity index (χ0) is 11.9. The van der Waals surface area contributed by atoms with Crippen molar-refractivity contribution in [3.8, 4) is 12.3 Å². The second-order valence-electron chi connectivity index (χ2n) is 4.52. The average molecular weight is 224 g/mol. The van der Waals surface area contributed by atoms with Gasteiger partial charge < -0.3 is 4.74 Å². The monoisotopic (exact) mass is 224 g/mol. The molecule has 0 bridgehead atoms. The minimum absolute atomic E-state index is 0.0847. The summed E-state index contributed by atoms with van der Waals surface area (Å²) < 4.78 is 6.01. The summed E-state index contributed by atoms with van der Waals surface area (Å²) in [5, 5.41) is 0. The molecule has 0 radical (unpaired) electrons. The Morgan fingerprint density at radius 3 is 2.62 bits per heavy atom. The van der Waals surface area contributed by atoms with E-state index in [9.17, 15) is 0 Å². The van der Waals surface area contributed by atoms with Gasteiger partial charge in [0.25, 0.3) is 0 Å². The summed E-state index contributed by atoms with van der Waals surface area (Å²) >= 11 is 0. The average Bonchev–Trinajstić information content (AvgIpc) is 2.31. The molecule has 16 heavy (non-hydrogen) atoms. The highest BCUT2D eigenvalue weighted by Gasteiger charge is 2.39. The van der Waals surface area contributed by atoms with Crippen LogP contribution in [-0.4, -0.2) is 18.2 Å². The van der Waals surface area contributed by atoms with Gasteiger partial charge in [0.05, 0.1) is 11.6 Å². The molecule has 1 unspecified atom stereocenters. The molecule has 1 saturated carbocycles. The fourth-order valence-corrected chi connectivity index (χ4v) is 2.76. The highest BCUT2D eigenvalue weighted by atomic mass is 16.5. The maximum absolute atomic E-state index is 6.01. The van der Waals surface area contributed by atoms with Crippen molar-refractivity contribution in [2.24, 2.45) is 5.84 Å². The molecule has 0 spiro atoms. The van der Waals surface area contributed by atoms with Crippen LogP contribution in [0.2, 0.25) is 0 Å². The topological polar surface area (TPSA) is 47.3 Å². The number of rotatable bonds is 6. The van der Waals surface area contributed by atoms with Crippen LogP contribution in [0.15, 0.2) is 0 Å². The van der Waals surface area contributed by atoms with E-state index in [4.69, 9.17) is 17.0 Å². The van der Waals surface area contributed by atoms with Crippen molar-refractivity contribution in [3.05, 3.63) is 0 Å². The van der Waals surface area contributed by atoms with Gasteiger partial charge in [-0.2, -0.15) is 0 Å². The van der Waals surface area contributed by atoms with Gasteiger partial charge in [0, 0.05) is 13.0 Å². The van der Waals surface area contributed by atoms with Crippen LogP contribution < -0.4 is 11.3 Å². The molecular weight excluding hydrogens is 200 g/mol. The Morgan fingerprint density at radius 2 is 2.12 bits per heavy atom. The molecule has 0 aliphatic heterocycles. The molecular formula is C13H24N2O.